The smallest absolute Gasteiger partial charge is 0.271 e. The molecule has 3 rings (SSSR count). The van der Waals surface area contributed by atoms with E-state index in [0.29, 0.717) is 11.7 Å². The molecular formula is C18H24N4OS. The highest BCUT2D eigenvalue weighted by molar-refractivity contribution is 7.11. The first-order valence-electron chi connectivity index (χ1n) is 8.43. The minimum atomic E-state index is -0.0301. The number of piperidine rings is 1. The van der Waals surface area contributed by atoms with E-state index in [2.05, 4.69) is 39.2 Å². The maximum atomic E-state index is 12.4. The number of thiazole rings is 1. The van der Waals surface area contributed by atoms with Gasteiger partial charge >= 0.3 is 0 Å². The molecule has 0 unspecified atom stereocenters. The fraction of sp³-hybridized carbons (Fsp3) is 0.500. The fourth-order valence-corrected chi connectivity index (χ4v) is 4.09. The Labute approximate surface area is 147 Å². The van der Waals surface area contributed by atoms with Crippen molar-refractivity contribution in [1.29, 1.82) is 0 Å². The summed E-state index contributed by atoms with van der Waals surface area (Å²) in [6.07, 6.45) is 5.64. The van der Waals surface area contributed by atoms with E-state index in [9.17, 15) is 4.79 Å². The molecular weight excluding hydrogens is 320 g/mol. The van der Waals surface area contributed by atoms with Crippen molar-refractivity contribution in [2.75, 3.05) is 13.1 Å². The van der Waals surface area contributed by atoms with Crippen molar-refractivity contribution in [3.63, 3.8) is 0 Å². The highest BCUT2D eigenvalue weighted by Crippen LogP contribution is 2.24. The molecule has 128 valence electrons. The number of likely N-dealkylation sites (tertiary alicyclic amines) is 1. The molecule has 1 aliphatic rings. The van der Waals surface area contributed by atoms with Gasteiger partial charge in [-0.2, -0.15) is 0 Å². The van der Waals surface area contributed by atoms with Gasteiger partial charge in [-0.25, -0.2) is 4.98 Å². The molecule has 24 heavy (non-hydrogen) atoms. The Bertz CT molecular complexity index is 692. The summed E-state index contributed by atoms with van der Waals surface area (Å²) in [5.74, 6) is -0.0301. The van der Waals surface area contributed by atoms with Gasteiger partial charge in [0.05, 0.1) is 5.01 Å². The van der Waals surface area contributed by atoms with Crippen LogP contribution in [-0.2, 0) is 0 Å². The third-order valence-corrected chi connectivity index (χ3v) is 5.61. The van der Waals surface area contributed by atoms with Crippen LogP contribution in [0.25, 0.3) is 0 Å². The molecule has 0 bridgehead atoms. The van der Waals surface area contributed by atoms with Gasteiger partial charge in [-0.05, 0) is 51.3 Å². The number of carbonyl (C=O) groups excluding carboxylic acids is 1. The van der Waals surface area contributed by atoms with Crippen LogP contribution in [0.1, 0.15) is 51.7 Å². The Morgan fingerprint density at radius 3 is 2.54 bits per heavy atom. The van der Waals surface area contributed by atoms with Gasteiger partial charge in [-0.15, -0.1) is 11.3 Å². The monoisotopic (exact) mass is 344 g/mol. The zero-order valence-electron chi connectivity index (χ0n) is 14.5. The number of hydrogen-bond acceptors (Lipinski definition) is 5. The Kier molecular flexibility index (Phi) is 5.26. The lowest BCUT2D eigenvalue weighted by atomic mass is 10.0. The van der Waals surface area contributed by atoms with Crippen LogP contribution in [-0.4, -0.2) is 39.9 Å². The van der Waals surface area contributed by atoms with Crippen LogP contribution in [0.3, 0.4) is 0 Å². The second kappa shape index (κ2) is 7.40. The predicted molar refractivity (Wildman–Crippen MR) is 96.3 cm³/mol. The average Bonchev–Trinajstić information content (AvgIpc) is 2.94. The van der Waals surface area contributed by atoms with Crippen molar-refractivity contribution in [3.05, 3.63) is 45.7 Å². The van der Waals surface area contributed by atoms with Crippen LogP contribution >= 0.6 is 11.3 Å². The van der Waals surface area contributed by atoms with Crippen LogP contribution in [0.4, 0.5) is 0 Å². The van der Waals surface area contributed by atoms with Crippen LogP contribution in [0, 0.1) is 13.8 Å². The highest BCUT2D eigenvalue weighted by Gasteiger charge is 2.25. The standard InChI is InChI=1S/C18H24N4OS/c1-12(15-4-8-19-9-5-15)22-10-6-16(7-11-22)21-18(23)17-13(2)24-14(3)20-17/h4-5,8-9,12,16H,6-7,10-11H2,1-3H3,(H,21,23)/t12-/m0/s1. The van der Waals surface area contributed by atoms with Crippen molar-refractivity contribution >= 4 is 17.2 Å². The second-order valence-corrected chi connectivity index (χ2v) is 7.79. The molecule has 2 aromatic heterocycles. The maximum Gasteiger partial charge on any atom is 0.271 e. The SMILES string of the molecule is Cc1nc(C(=O)NC2CCN([C@@H](C)c3ccncc3)CC2)c(C)s1. The van der Waals surface area contributed by atoms with Crippen molar-refractivity contribution < 1.29 is 4.79 Å². The Balaban J connectivity index is 1.54. The Hall–Kier alpha value is -1.79. The molecule has 0 spiro atoms. The molecule has 5 nitrogen and oxygen atoms in total. The number of carbonyl (C=O) groups is 1. The van der Waals surface area contributed by atoms with E-state index in [-0.39, 0.29) is 11.9 Å². The summed E-state index contributed by atoms with van der Waals surface area (Å²) < 4.78 is 0. The number of aryl methyl sites for hydroxylation is 2. The summed E-state index contributed by atoms with van der Waals surface area (Å²) in [4.78, 5) is 24.3. The van der Waals surface area contributed by atoms with E-state index >= 15 is 0 Å². The van der Waals surface area contributed by atoms with Crippen LogP contribution in [0.2, 0.25) is 0 Å². The molecule has 0 radical (unpaired) electrons. The molecule has 0 aromatic carbocycles. The van der Waals surface area contributed by atoms with Crippen LogP contribution in [0.15, 0.2) is 24.5 Å². The lowest BCUT2D eigenvalue weighted by molar-refractivity contribution is 0.0891. The largest absolute Gasteiger partial charge is 0.348 e. The number of nitrogens with one attached hydrogen (secondary N) is 1. The van der Waals surface area contributed by atoms with Gasteiger partial charge in [0.2, 0.25) is 0 Å². The zero-order chi connectivity index (χ0) is 17.1. The summed E-state index contributed by atoms with van der Waals surface area (Å²) >= 11 is 1.58. The first kappa shape index (κ1) is 17.0. The molecule has 1 atom stereocenters. The predicted octanol–water partition coefficient (Wildman–Crippen LogP) is 3.11. The molecule has 0 aliphatic carbocycles. The van der Waals surface area contributed by atoms with Gasteiger partial charge in [0.15, 0.2) is 0 Å². The van der Waals surface area contributed by atoms with E-state index in [4.69, 9.17) is 0 Å². The fourth-order valence-electron chi connectivity index (χ4n) is 3.28. The highest BCUT2D eigenvalue weighted by atomic mass is 32.1. The van der Waals surface area contributed by atoms with E-state index in [1.54, 1.807) is 11.3 Å². The van der Waals surface area contributed by atoms with Crippen LogP contribution in [0.5, 0.6) is 0 Å². The molecule has 6 heteroatoms. The lowest BCUT2D eigenvalue weighted by Gasteiger charge is -2.36. The molecule has 1 aliphatic heterocycles. The van der Waals surface area contributed by atoms with E-state index in [0.717, 1.165) is 35.8 Å². The summed E-state index contributed by atoms with van der Waals surface area (Å²) in [5, 5.41) is 4.10. The minimum absolute atomic E-state index is 0.0301. The van der Waals surface area contributed by atoms with E-state index in [1.807, 2.05) is 26.2 Å². The van der Waals surface area contributed by atoms with Gasteiger partial charge in [-0.1, -0.05) is 0 Å². The third kappa shape index (κ3) is 3.82. The summed E-state index contributed by atoms with van der Waals surface area (Å²) in [5.41, 5.74) is 1.88. The van der Waals surface area contributed by atoms with Crippen molar-refractivity contribution in [2.24, 2.45) is 0 Å². The maximum absolute atomic E-state index is 12.4. The quantitative estimate of drug-likeness (QED) is 0.926. The first-order valence-corrected chi connectivity index (χ1v) is 9.25. The van der Waals surface area contributed by atoms with Crippen LogP contribution < -0.4 is 5.32 Å². The molecule has 1 N–H and O–H groups in total. The number of nitrogens with zero attached hydrogens (tertiary/aromatic N) is 3. The normalized spacial score (nSPS) is 17.6. The molecule has 2 aromatic rings. The summed E-state index contributed by atoms with van der Waals surface area (Å²) in [7, 11) is 0. The van der Waals surface area contributed by atoms with Gasteiger partial charge in [0.25, 0.3) is 5.91 Å². The summed E-state index contributed by atoms with van der Waals surface area (Å²) in [6.45, 7) is 8.11. The number of rotatable bonds is 4. The van der Waals surface area contributed by atoms with Gasteiger partial charge < -0.3 is 5.32 Å². The van der Waals surface area contributed by atoms with E-state index < -0.39 is 0 Å². The van der Waals surface area contributed by atoms with Crippen molar-refractivity contribution in [2.45, 2.75) is 45.7 Å². The van der Waals surface area contributed by atoms with Gasteiger partial charge in [-0.3, -0.25) is 14.7 Å². The lowest BCUT2D eigenvalue weighted by Crippen LogP contribution is -2.45. The Morgan fingerprint density at radius 2 is 1.96 bits per heavy atom. The summed E-state index contributed by atoms with van der Waals surface area (Å²) in [6, 6.07) is 4.77. The first-order chi connectivity index (χ1) is 11.5. The molecule has 0 saturated carbocycles. The Morgan fingerprint density at radius 1 is 1.29 bits per heavy atom. The number of amides is 1. The van der Waals surface area contributed by atoms with Gasteiger partial charge in [0, 0.05) is 42.4 Å². The number of aromatic nitrogens is 2. The van der Waals surface area contributed by atoms with Gasteiger partial charge in [0.1, 0.15) is 5.69 Å². The number of pyridine rings is 1. The van der Waals surface area contributed by atoms with E-state index in [1.165, 1.54) is 5.56 Å². The average molecular weight is 344 g/mol. The molecule has 1 saturated heterocycles. The second-order valence-electron chi connectivity index (χ2n) is 6.38. The zero-order valence-corrected chi connectivity index (χ0v) is 15.3. The van der Waals surface area contributed by atoms with Crippen molar-refractivity contribution in [3.8, 4) is 0 Å². The topological polar surface area (TPSA) is 58.1 Å². The van der Waals surface area contributed by atoms with Crippen molar-refractivity contribution in [1.82, 2.24) is 20.2 Å². The third-order valence-electron chi connectivity index (χ3n) is 4.72. The molecule has 3 heterocycles. The molecule has 1 amide bonds. The molecule has 1 fully saturated rings. The number of hydrogen-bond donors (Lipinski definition) is 1. The minimum Gasteiger partial charge on any atom is -0.348 e.